The van der Waals surface area contributed by atoms with Gasteiger partial charge in [0.25, 0.3) is 0 Å². The molecule has 2 aromatic carbocycles. The summed E-state index contributed by atoms with van der Waals surface area (Å²) in [5.41, 5.74) is 4.85. The first-order chi connectivity index (χ1) is 12.4. The molecule has 0 aliphatic rings. The highest BCUT2D eigenvalue weighted by atomic mass is 79.9. The number of amides is 1. The average Bonchev–Trinajstić information content (AvgIpc) is 3.04. The van der Waals surface area contributed by atoms with Crippen molar-refractivity contribution in [2.45, 2.75) is 26.8 Å². The summed E-state index contributed by atoms with van der Waals surface area (Å²) in [5.74, 6) is -0.0891. The molecule has 0 aliphatic carbocycles. The van der Waals surface area contributed by atoms with Crippen molar-refractivity contribution in [2.24, 2.45) is 0 Å². The molecule has 0 fully saturated rings. The van der Waals surface area contributed by atoms with Gasteiger partial charge < -0.3 is 10.6 Å². The largest absolute Gasteiger partial charge is 0.374 e. The Bertz CT molecular complexity index is 921. The van der Waals surface area contributed by atoms with E-state index in [0.717, 1.165) is 37.7 Å². The third-order valence-electron chi connectivity index (χ3n) is 3.96. The van der Waals surface area contributed by atoms with E-state index in [4.69, 9.17) is 0 Å². The summed E-state index contributed by atoms with van der Waals surface area (Å²) in [6, 6.07) is 13.4. The van der Waals surface area contributed by atoms with Gasteiger partial charge in [0.05, 0.1) is 16.4 Å². The molecule has 6 heteroatoms. The van der Waals surface area contributed by atoms with E-state index in [1.54, 1.807) is 11.3 Å². The van der Waals surface area contributed by atoms with Crippen LogP contribution in [0.4, 0.5) is 11.4 Å². The molecular formula is C20H20BrN3OS. The van der Waals surface area contributed by atoms with Gasteiger partial charge in [-0.15, -0.1) is 11.3 Å². The van der Waals surface area contributed by atoms with Crippen LogP contribution in [0.2, 0.25) is 0 Å². The number of benzene rings is 2. The number of thiazole rings is 1. The first-order valence-electron chi connectivity index (χ1n) is 8.28. The van der Waals surface area contributed by atoms with Crippen LogP contribution in [0.25, 0.3) is 11.3 Å². The van der Waals surface area contributed by atoms with Crippen LogP contribution in [0.1, 0.15) is 17.5 Å². The monoisotopic (exact) mass is 429 g/mol. The fraction of sp³-hybridized carbons (Fsp3) is 0.200. The van der Waals surface area contributed by atoms with Crippen molar-refractivity contribution in [3.63, 3.8) is 0 Å². The number of halogens is 1. The standard InChI is InChI=1S/C20H20BrN3OS/c1-12-4-9-18(17(21)10-12)24-20(25)13(2)22-16-7-5-15(6-8-16)19-11-26-14(3)23-19/h4-11,13,22H,1-3H3,(H,24,25)/t13-/m1/s1. The molecule has 4 nitrogen and oxygen atoms in total. The molecule has 134 valence electrons. The van der Waals surface area contributed by atoms with Crippen molar-refractivity contribution in [2.75, 3.05) is 10.6 Å². The zero-order valence-corrected chi connectivity index (χ0v) is 17.2. The van der Waals surface area contributed by atoms with Crippen molar-refractivity contribution in [1.82, 2.24) is 4.98 Å². The number of rotatable bonds is 5. The van der Waals surface area contributed by atoms with Gasteiger partial charge in [0.1, 0.15) is 6.04 Å². The van der Waals surface area contributed by atoms with Gasteiger partial charge in [-0.3, -0.25) is 4.79 Å². The second kappa shape index (κ2) is 8.01. The van der Waals surface area contributed by atoms with E-state index in [2.05, 4.69) is 31.5 Å². The predicted molar refractivity (Wildman–Crippen MR) is 113 cm³/mol. The van der Waals surface area contributed by atoms with E-state index in [1.165, 1.54) is 0 Å². The SMILES string of the molecule is Cc1ccc(NC(=O)[C@@H](C)Nc2ccc(-c3csc(C)n3)cc2)c(Br)c1. The van der Waals surface area contributed by atoms with Crippen molar-refractivity contribution >= 4 is 44.5 Å². The van der Waals surface area contributed by atoms with E-state index < -0.39 is 0 Å². The summed E-state index contributed by atoms with van der Waals surface area (Å²) in [5, 5.41) is 9.27. The molecule has 2 N–H and O–H groups in total. The minimum absolute atomic E-state index is 0.0891. The Morgan fingerprint density at radius 1 is 1.15 bits per heavy atom. The summed E-state index contributed by atoms with van der Waals surface area (Å²) in [7, 11) is 0. The average molecular weight is 430 g/mol. The number of nitrogens with zero attached hydrogens (tertiary/aromatic N) is 1. The van der Waals surface area contributed by atoms with E-state index in [9.17, 15) is 4.79 Å². The molecule has 0 aliphatic heterocycles. The quantitative estimate of drug-likeness (QED) is 0.552. The number of carbonyl (C=O) groups is 1. The first-order valence-corrected chi connectivity index (χ1v) is 9.96. The molecule has 1 atom stereocenters. The Balaban J connectivity index is 1.63. The minimum atomic E-state index is -0.365. The van der Waals surface area contributed by atoms with Crippen LogP contribution in [0.3, 0.4) is 0 Å². The van der Waals surface area contributed by atoms with Crippen LogP contribution in [0, 0.1) is 13.8 Å². The van der Waals surface area contributed by atoms with Gasteiger partial charge in [-0.2, -0.15) is 0 Å². The van der Waals surface area contributed by atoms with Crippen LogP contribution < -0.4 is 10.6 Å². The van der Waals surface area contributed by atoms with Crippen LogP contribution in [0.15, 0.2) is 52.3 Å². The number of hydrogen-bond acceptors (Lipinski definition) is 4. The van der Waals surface area contributed by atoms with Gasteiger partial charge in [-0.05, 0) is 66.5 Å². The lowest BCUT2D eigenvalue weighted by Crippen LogP contribution is -2.31. The highest BCUT2D eigenvalue weighted by Gasteiger charge is 2.14. The summed E-state index contributed by atoms with van der Waals surface area (Å²) >= 11 is 5.12. The van der Waals surface area contributed by atoms with Crippen molar-refractivity contribution < 1.29 is 4.79 Å². The zero-order valence-electron chi connectivity index (χ0n) is 14.8. The van der Waals surface area contributed by atoms with E-state index in [1.807, 2.05) is 68.6 Å². The third kappa shape index (κ3) is 4.51. The molecule has 3 rings (SSSR count). The predicted octanol–water partition coefficient (Wildman–Crippen LogP) is 5.63. The van der Waals surface area contributed by atoms with Gasteiger partial charge in [-0.1, -0.05) is 18.2 Å². The normalized spacial score (nSPS) is 11.8. The van der Waals surface area contributed by atoms with Crippen LogP contribution in [0.5, 0.6) is 0 Å². The fourth-order valence-electron chi connectivity index (χ4n) is 2.51. The van der Waals surface area contributed by atoms with Crippen LogP contribution in [-0.2, 0) is 4.79 Å². The maximum Gasteiger partial charge on any atom is 0.246 e. The molecule has 0 bridgehead atoms. The van der Waals surface area contributed by atoms with Gasteiger partial charge in [-0.25, -0.2) is 4.98 Å². The van der Waals surface area contributed by atoms with Crippen molar-refractivity contribution in [1.29, 1.82) is 0 Å². The highest BCUT2D eigenvalue weighted by molar-refractivity contribution is 9.10. The zero-order chi connectivity index (χ0) is 18.7. The van der Waals surface area contributed by atoms with E-state index in [-0.39, 0.29) is 11.9 Å². The van der Waals surface area contributed by atoms with Crippen molar-refractivity contribution in [3.8, 4) is 11.3 Å². The summed E-state index contributed by atoms with van der Waals surface area (Å²) in [6.45, 7) is 5.85. The Hall–Kier alpha value is -2.18. The van der Waals surface area contributed by atoms with Crippen molar-refractivity contribution in [3.05, 3.63) is 62.9 Å². The summed E-state index contributed by atoms with van der Waals surface area (Å²) < 4.78 is 0.876. The second-order valence-corrected chi connectivity index (χ2v) is 8.08. The van der Waals surface area contributed by atoms with Gasteiger partial charge in [0.15, 0.2) is 0 Å². The third-order valence-corrected chi connectivity index (χ3v) is 5.39. The topological polar surface area (TPSA) is 54.0 Å². The molecule has 3 aromatic rings. The fourth-order valence-corrected chi connectivity index (χ4v) is 3.73. The number of nitrogens with one attached hydrogen (secondary N) is 2. The van der Waals surface area contributed by atoms with Gasteiger partial charge in [0, 0.05) is 21.1 Å². The highest BCUT2D eigenvalue weighted by Crippen LogP contribution is 2.25. The number of anilines is 2. The Labute approximate surface area is 165 Å². The number of aryl methyl sites for hydroxylation is 2. The lowest BCUT2D eigenvalue weighted by atomic mass is 10.1. The maximum atomic E-state index is 12.4. The second-order valence-electron chi connectivity index (χ2n) is 6.17. The molecule has 0 unspecified atom stereocenters. The molecule has 0 radical (unpaired) electrons. The minimum Gasteiger partial charge on any atom is -0.374 e. The van der Waals surface area contributed by atoms with E-state index in [0.29, 0.717) is 0 Å². The number of aromatic nitrogens is 1. The molecular weight excluding hydrogens is 410 g/mol. The molecule has 1 aromatic heterocycles. The summed E-state index contributed by atoms with van der Waals surface area (Å²) in [4.78, 5) is 16.9. The number of hydrogen-bond donors (Lipinski definition) is 2. The van der Waals surface area contributed by atoms with Crippen LogP contribution in [-0.4, -0.2) is 16.9 Å². The molecule has 1 heterocycles. The molecule has 0 saturated heterocycles. The van der Waals surface area contributed by atoms with Crippen LogP contribution >= 0.6 is 27.3 Å². The Kier molecular flexibility index (Phi) is 5.74. The lowest BCUT2D eigenvalue weighted by Gasteiger charge is -2.16. The van der Waals surface area contributed by atoms with Gasteiger partial charge >= 0.3 is 0 Å². The van der Waals surface area contributed by atoms with Gasteiger partial charge in [0.2, 0.25) is 5.91 Å². The summed E-state index contributed by atoms with van der Waals surface area (Å²) in [6.07, 6.45) is 0. The molecule has 1 amide bonds. The Morgan fingerprint density at radius 3 is 2.50 bits per heavy atom. The molecule has 0 spiro atoms. The molecule has 0 saturated carbocycles. The smallest absolute Gasteiger partial charge is 0.246 e. The first kappa shape index (κ1) is 18.6. The number of carbonyl (C=O) groups excluding carboxylic acids is 1. The maximum absolute atomic E-state index is 12.4. The lowest BCUT2D eigenvalue weighted by molar-refractivity contribution is -0.116. The molecule has 26 heavy (non-hydrogen) atoms. The Morgan fingerprint density at radius 2 is 1.88 bits per heavy atom. The van der Waals surface area contributed by atoms with E-state index >= 15 is 0 Å².